The fourth-order valence-corrected chi connectivity index (χ4v) is 3.37. The zero-order chi connectivity index (χ0) is 14.6. The lowest BCUT2D eigenvalue weighted by molar-refractivity contribution is 0.100. The van der Waals surface area contributed by atoms with Crippen molar-refractivity contribution in [2.24, 2.45) is 4.36 Å². The lowest BCUT2D eigenvalue weighted by Gasteiger charge is -2.05. The number of carbonyl (C=O) groups excluding carboxylic acids is 1. The predicted octanol–water partition coefficient (Wildman–Crippen LogP) is 3.10. The highest BCUT2D eigenvalue weighted by Gasteiger charge is 2.14. The molecule has 2 aromatic rings. The minimum atomic E-state index is -2.74. The SMILES string of the molecule is CSc1ncccc1C(=O)N=S(C)(=O)c1ccccc1. The van der Waals surface area contributed by atoms with E-state index in [-0.39, 0.29) is 0 Å². The number of rotatable bonds is 3. The van der Waals surface area contributed by atoms with Crippen molar-refractivity contribution in [3.63, 3.8) is 0 Å². The molecular weight excluding hydrogens is 292 g/mol. The molecule has 0 aliphatic heterocycles. The Morgan fingerprint density at radius 3 is 2.55 bits per heavy atom. The van der Waals surface area contributed by atoms with Crippen LogP contribution in [0.4, 0.5) is 0 Å². The van der Waals surface area contributed by atoms with Crippen molar-refractivity contribution in [2.75, 3.05) is 12.5 Å². The largest absolute Gasteiger partial charge is 0.288 e. The van der Waals surface area contributed by atoms with Gasteiger partial charge >= 0.3 is 0 Å². The van der Waals surface area contributed by atoms with Crippen LogP contribution in [0.15, 0.2) is 62.9 Å². The van der Waals surface area contributed by atoms with Gasteiger partial charge in [0.2, 0.25) is 0 Å². The van der Waals surface area contributed by atoms with Gasteiger partial charge in [0.25, 0.3) is 5.91 Å². The fraction of sp³-hybridized carbons (Fsp3) is 0.143. The van der Waals surface area contributed by atoms with Crippen LogP contribution in [0.25, 0.3) is 0 Å². The highest BCUT2D eigenvalue weighted by Crippen LogP contribution is 2.19. The predicted molar refractivity (Wildman–Crippen MR) is 81.6 cm³/mol. The van der Waals surface area contributed by atoms with Crippen LogP contribution in [-0.2, 0) is 9.73 Å². The van der Waals surface area contributed by atoms with Crippen LogP contribution in [0, 0.1) is 0 Å². The zero-order valence-corrected chi connectivity index (χ0v) is 12.8. The Hall–Kier alpha value is -1.66. The van der Waals surface area contributed by atoms with E-state index < -0.39 is 15.6 Å². The Bertz CT molecular complexity index is 736. The average Bonchev–Trinajstić information content (AvgIpc) is 2.47. The molecule has 1 aromatic carbocycles. The first kappa shape index (κ1) is 14.7. The molecule has 0 fully saturated rings. The number of hydrogen-bond donors (Lipinski definition) is 0. The summed E-state index contributed by atoms with van der Waals surface area (Å²) < 4.78 is 16.4. The van der Waals surface area contributed by atoms with Crippen molar-refractivity contribution < 1.29 is 9.00 Å². The number of amides is 1. The van der Waals surface area contributed by atoms with Crippen molar-refractivity contribution in [2.45, 2.75) is 9.92 Å². The van der Waals surface area contributed by atoms with E-state index >= 15 is 0 Å². The van der Waals surface area contributed by atoms with Crippen molar-refractivity contribution in [3.8, 4) is 0 Å². The molecule has 0 radical (unpaired) electrons. The summed E-state index contributed by atoms with van der Waals surface area (Å²) in [5.74, 6) is -0.501. The lowest BCUT2D eigenvalue weighted by atomic mass is 10.3. The number of thioether (sulfide) groups is 1. The van der Waals surface area contributed by atoms with E-state index in [0.29, 0.717) is 15.5 Å². The first-order valence-electron chi connectivity index (χ1n) is 5.85. The van der Waals surface area contributed by atoms with Crippen LogP contribution in [0.2, 0.25) is 0 Å². The maximum absolute atomic E-state index is 12.6. The van der Waals surface area contributed by atoms with E-state index in [1.807, 2.05) is 12.3 Å². The maximum Gasteiger partial charge on any atom is 0.288 e. The molecule has 0 bridgehead atoms. The second-order valence-electron chi connectivity index (χ2n) is 4.07. The van der Waals surface area contributed by atoms with Crippen molar-refractivity contribution in [1.29, 1.82) is 0 Å². The lowest BCUT2D eigenvalue weighted by Crippen LogP contribution is -2.05. The number of nitrogens with zero attached hydrogens (tertiary/aromatic N) is 2. The third kappa shape index (κ3) is 3.26. The van der Waals surface area contributed by atoms with E-state index in [1.165, 1.54) is 18.0 Å². The molecule has 0 aliphatic carbocycles. The van der Waals surface area contributed by atoms with Crippen LogP contribution in [0.5, 0.6) is 0 Å². The molecule has 4 nitrogen and oxygen atoms in total. The highest BCUT2D eigenvalue weighted by molar-refractivity contribution is 7.98. The second-order valence-corrected chi connectivity index (χ2v) is 7.13. The van der Waals surface area contributed by atoms with Gasteiger partial charge in [0.15, 0.2) is 0 Å². The summed E-state index contributed by atoms with van der Waals surface area (Å²) in [6.07, 6.45) is 4.91. The van der Waals surface area contributed by atoms with Gasteiger partial charge in [0, 0.05) is 17.3 Å². The van der Waals surface area contributed by atoms with Crippen LogP contribution >= 0.6 is 11.8 Å². The summed E-state index contributed by atoms with van der Waals surface area (Å²) in [6.45, 7) is 0. The monoisotopic (exact) mass is 306 g/mol. The molecule has 0 aliphatic rings. The quantitative estimate of drug-likeness (QED) is 0.818. The van der Waals surface area contributed by atoms with Crippen molar-refractivity contribution in [3.05, 3.63) is 54.2 Å². The summed E-state index contributed by atoms with van der Waals surface area (Å²) in [6, 6.07) is 12.1. The van der Waals surface area contributed by atoms with Gasteiger partial charge in [-0.1, -0.05) is 18.2 Å². The molecule has 1 amide bonds. The Balaban J connectivity index is 2.45. The first-order chi connectivity index (χ1) is 9.54. The summed E-state index contributed by atoms with van der Waals surface area (Å²) in [4.78, 5) is 16.9. The van der Waals surface area contributed by atoms with Gasteiger partial charge in [0.1, 0.15) is 5.03 Å². The molecule has 20 heavy (non-hydrogen) atoms. The van der Waals surface area contributed by atoms with Gasteiger partial charge in [-0.15, -0.1) is 11.8 Å². The first-order valence-corrected chi connectivity index (χ1v) is 9.00. The summed E-state index contributed by atoms with van der Waals surface area (Å²) in [5.41, 5.74) is 0.380. The highest BCUT2D eigenvalue weighted by atomic mass is 32.2. The summed E-state index contributed by atoms with van der Waals surface area (Å²) in [7, 11) is -2.74. The van der Waals surface area contributed by atoms with E-state index in [0.717, 1.165) is 0 Å². The second kappa shape index (κ2) is 6.19. The molecule has 2 rings (SSSR count). The van der Waals surface area contributed by atoms with E-state index in [2.05, 4.69) is 9.35 Å². The third-order valence-electron chi connectivity index (χ3n) is 2.63. The van der Waals surface area contributed by atoms with Gasteiger partial charge < -0.3 is 0 Å². The standard InChI is InChI=1S/C14H14N2O2S2/c1-19-14-12(9-6-10-15-14)13(17)16-20(2,18)11-7-4-3-5-8-11/h3-10H,1-2H3. The minimum absolute atomic E-state index is 0.380. The minimum Gasteiger partial charge on any atom is -0.266 e. The zero-order valence-electron chi connectivity index (χ0n) is 11.1. The van der Waals surface area contributed by atoms with Gasteiger partial charge in [-0.05, 0) is 30.5 Å². The van der Waals surface area contributed by atoms with Crippen LogP contribution in [-0.4, -0.2) is 27.6 Å². The van der Waals surface area contributed by atoms with Crippen LogP contribution in [0.3, 0.4) is 0 Å². The molecular formula is C14H14N2O2S2. The summed E-state index contributed by atoms with van der Waals surface area (Å²) in [5, 5.41) is 0.588. The maximum atomic E-state index is 12.6. The molecule has 1 unspecified atom stereocenters. The molecule has 104 valence electrons. The van der Waals surface area contributed by atoms with Crippen molar-refractivity contribution >= 4 is 27.4 Å². The van der Waals surface area contributed by atoms with Crippen LogP contribution in [0.1, 0.15) is 10.4 Å². The third-order valence-corrected chi connectivity index (χ3v) is 5.01. The van der Waals surface area contributed by atoms with Gasteiger partial charge in [-0.2, -0.15) is 4.36 Å². The Labute approximate surface area is 122 Å². The van der Waals surface area contributed by atoms with Gasteiger partial charge in [0.05, 0.1) is 15.3 Å². The molecule has 0 saturated carbocycles. The number of hydrogen-bond acceptors (Lipinski definition) is 4. The van der Waals surface area contributed by atoms with Gasteiger partial charge in [-0.25, -0.2) is 9.19 Å². The number of carbonyl (C=O) groups is 1. The Morgan fingerprint density at radius 1 is 1.20 bits per heavy atom. The Kier molecular flexibility index (Phi) is 4.57. The average molecular weight is 306 g/mol. The van der Waals surface area contributed by atoms with Gasteiger partial charge in [-0.3, -0.25) is 4.79 Å². The van der Waals surface area contributed by atoms with E-state index in [1.54, 1.807) is 42.6 Å². The number of aromatic nitrogens is 1. The van der Waals surface area contributed by atoms with Crippen LogP contribution < -0.4 is 0 Å². The number of benzene rings is 1. The smallest absolute Gasteiger partial charge is 0.266 e. The molecule has 1 atom stereocenters. The Morgan fingerprint density at radius 2 is 1.90 bits per heavy atom. The molecule has 1 aromatic heterocycles. The summed E-state index contributed by atoms with van der Waals surface area (Å²) >= 11 is 1.36. The van der Waals surface area contributed by atoms with Crippen molar-refractivity contribution in [1.82, 2.24) is 4.98 Å². The molecule has 0 spiro atoms. The molecule has 1 heterocycles. The topological polar surface area (TPSA) is 59.4 Å². The van der Waals surface area contributed by atoms with E-state index in [4.69, 9.17) is 0 Å². The molecule has 0 saturated heterocycles. The molecule has 6 heteroatoms. The van der Waals surface area contributed by atoms with E-state index in [9.17, 15) is 9.00 Å². The fourth-order valence-electron chi connectivity index (χ4n) is 1.65. The normalized spacial score (nSPS) is 13.5. The molecule has 0 N–H and O–H groups in total. The number of pyridine rings is 1.